The van der Waals surface area contributed by atoms with Crippen molar-refractivity contribution in [1.29, 1.82) is 0 Å². The second-order valence-electron chi connectivity index (χ2n) is 4.42. The maximum absolute atomic E-state index is 9.91. The fraction of sp³-hybridized carbons (Fsp3) is 0.455. The number of benzene rings is 1. The molecule has 0 aliphatic heterocycles. The molecule has 0 aliphatic carbocycles. The number of phenols is 1. The summed E-state index contributed by atoms with van der Waals surface area (Å²) in [5.41, 5.74) is 6.08. The highest BCUT2D eigenvalue weighted by Crippen LogP contribution is 2.41. The molecule has 1 rings (SSSR count). The molecule has 16 heavy (non-hydrogen) atoms. The van der Waals surface area contributed by atoms with Gasteiger partial charge in [-0.25, -0.2) is 0 Å². The van der Waals surface area contributed by atoms with Crippen molar-refractivity contribution in [3.8, 4) is 5.75 Å². The molecule has 0 saturated carbocycles. The summed E-state index contributed by atoms with van der Waals surface area (Å²) < 4.78 is 0.427. The smallest absolute Gasteiger partial charge is 0.136 e. The highest BCUT2D eigenvalue weighted by Gasteiger charge is 2.29. The van der Waals surface area contributed by atoms with Gasteiger partial charge in [0.2, 0.25) is 0 Å². The van der Waals surface area contributed by atoms with E-state index in [2.05, 4.69) is 15.9 Å². The Hall–Kier alpha value is -0.290. The van der Waals surface area contributed by atoms with E-state index in [9.17, 15) is 10.2 Å². The first kappa shape index (κ1) is 13.8. The zero-order valence-electron chi connectivity index (χ0n) is 9.17. The van der Waals surface area contributed by atoms with Crippen molar-refractivity contribution >= 4 is 27.5 Å². The number of aliphatic hydroxyl groups excluding tert-OH is 1. The molecular weight excluding hydrogens is 293 g/mol. The SMILES string of the molecule is CC(C)(CO)[C@@H](N)c1ccc(Cl)c(Br)c1O. The summed E-state index contributed by atoms with van der Waals surface area (Å²) in [5.74, 6) is 0.0292. The minimum atomic E-state index is -0.509. The molecule has 0 spiro atoms. The van der Waals surface area contributed by atoms with Gasteiger partial charge < -0.3 is 15.9 Å². The van der Waals surface area contributed by atoms with Crippen LogP contribution in [0.2, 0.25) is 5.02 Å². The maximum atomic E-state index is 9.91. The number of aromatic hydroxyl groups is 1. The monoisotopic (exact) mass is 307 g/mol. The Labute approximate surface area is 108 Å². The molecular formula is C11H15BrClNO2. The predicted octanol–water partition coefficient (Wildman–Crippen LogP) is 2.83. The summed E-state index contributed by atoms with van der Waals surface area (Å²) in [4.78, 5) is 0. The van der Waals surface area contributed by atoms with Gasteiger partial charge >= 0.3 is 0 Å². The average Bonchev–Trinajstić information content (AvgIpc) is 2.25. The third kappa shape index (κ3) is 2.51. The van der Waals surface area contributed by atoms with E-state index in [0.717, 1.165) is 0 Å². The summed E-state index contributed by atoms with van der Waals surface area (Å²) in [5, 5.41) is 19.6. The van der Waals surface area contributed by atoms with Crippen molar-refractivity contribution in [3.63, 3.8) is 0 Å². The van der Waals surface area contributed by atoms with Crippen molar-refractivity contribution in [2.45, 2.75) is 19.9 Å². The molecule has 4 N–H and O–H groups in total. The van der Waals surface area contributed by atoms with Crippen LogP contribution in [0.1, 0.15) is 25.5 Å². The topological polar surface area (TPSA) is 66.5 Å². The van der Waals surface area contributed by atoms with Crippen molar-refractivity contribution < 1.29 is 10.2 Å². The van der Waals surface area contributed by atoms with E-state index in [1.54, 1.807) is 12.1 Å². The minimum Gasteiger partial charge on any atom is -0.506 e. The third-order valence-corrected chi connectivity index (χ3v) is 4.03. The predicted molar refractivity (Wildman–Crippen MR) is 68.6 cm³/mol. The Morgan fingerprint density at radius 3 is 2.56 bits per heavy atom. The van der Waals surface area contributed by atoms with Gasteiger partial charge in [0.05, 0.1) is 9.50 Å². The fourth-order valence-corrected chi connectivity index (χ4v) is 1.84. The van der Waals surface area contributed by atoms with Gasteiger partial charge in [-0.05, 0) is 22.0 Å². The molecule has 0 amide bonds. The van der Waals surface area contributed by atoms with Gasteiger partial charge in [-0.3, -0.25) is 0 Å². The number of phenolic OH excluding ortho intramolecular Hbond substituents is 1. The molecule has 0 radical (unpaired) electrons. The zero-order chi connectivity index (χ0) is 12.5. The van der Waals surface area contributed by atoms with Crippen LogP contribution in [0.3, 0.4) is 0 Å². The Morgan fingerprint density at radius 2 is 2.06 bits per heavy atom. The molecule has 0 fully saturated rings. The van der Waals surface area contributed by atoms with Crippen molar-refractivity contribution in [2.24, 2.45) is 11.1 Å². The van der Waals surface area contributed by atoms with Gasteiger partial charge in [-0.1, -0.05) is 31.5 Å². The number of nitrogens with two attached hydrogens (primary N) is 1. The van der Waals surface area contributed by atoms with Gasteiger partial charge in [-0.2, -0.15) is 0 Å². The van der Waals surface area contributed by atoms with E-state index in [-0.39, 0.29) is 12.4 Å². The lowest BCUT2D eigenvalue weighted by molar-refractivity contribution is 0.131. The highest BCUT2D eigenvalue weighted by atomic mass is 79.9. The van der Waals surface area contributed by atoms with Gasteiger partial charge in [0.15, 0.2) is 0 Å². The summed E-state index contributed by atoms with van der Waals surface area (Å²) in [6.45, 7) is 3.60. The van der Waals surface area contributed by atoms with E-state index in [0.29, 0.717) is 15.1 Å². The van der Waals surface area contributed by atoms with Crippen LogP contribution < -0.4 is 5.73 Å². The van der Waals surface area contributed by atoms with E-state index in [1.165, 1.54) is 0 Å². The summed E-state index contributed by atoms with van der Waals surface area (Å²) in [7, 11) is 0. The summed E-state index contributed by atoms with van der Waals surface area (Å²) >= 11 is 9.03. The lowest BCUT2D eigenvalue weighted by Crippen LogP contribution is -2.32. The molecule has 0 aliphatic rings. The number of halogens is 2. The number of rotatable bonds is 3. The Balaban J connectivity index is 3.20. The molecule has 1 atom stereocenters. The van der Waals surface area contributed by atoms with Gasteiger partial charge in [0.1, 0.15) is 5.75 Å². The minimum absolute atomic E-state index is 0.0292. The normalized spacial score (nSPS) is 13.9. The van der Waals surface area contributed by atoms with Crippen LogP contribution in [0.4, 0.5) is 0 Å². The Bertz CT molecular complexity index is 396. The molecule has 0 bridgehead atoms. The van der Waals surface area contributed by atoms with Gasteiger partial charge in [0, 0.05) is 23.6 Å². The quantitative estimate of drug-likeness (QED) is 0.804. The van der Waals surface area contributed by atoms with E-state index < -0.39 is 11.5 Å². The van der Waals surface area contributed by atoms with Crippen molar-refractivity contribution in [1.82, 2.24) is 0 Å². The van der Waals surface area contributed by atoms with E-state index in [1.807, 2.05) is 13.8 Å². The Kier molecular flexibility index (Phi) is 4.23. The second kappa shape index (κ2) is 4.92. The second-order valence-corrected chi connectivity index (χ2v) is 5.62. The first-order valence-corrected chi connectivity index (χ1v) is 6.01. The highest BCUT2D eigenvalue weighted by molar-refractivity contribution is 9.10. The van der Waals surface area contributed by atoms with Crippen molar-refractivity contribution in [3.05, 3.63) is 27.2 Å². The van der Waals surface area contributed by atoms with E-state index >= 15 is 0 Å². The third-order valence-electron chi connectivity index (χ3n) is 2.68. The lowest BCUT2D eigenvalue weighted by Gasteiger charge is -2.30. The number of hydrogen-bond donors (Lipinski definition) is 3. The van der Waals surface area contributed by atoms with Crippen LogP contribution >= 0.6 is 27.5 Å². The standard InChI is InChI=1S/C11H15BrClNO2/c1-11(2,5-15)10(14)6-3-4-7(13)8(12)9(6)16/h3-4,10,15-16H,5,14H2,1-2H3/t10-/m0/s1. The van der Waals surface area contributed by atoms with Crippen LogP contribution in [-0.2, 0) is 0 Å². The molecule has 1 aromatic carbocycles. The average molecular weight is 309 g/mol. The van der Waals surface area contributed by atoms with Crippen LogP contribution in [0.5, 0.6) is 5.75 Å². The van der Waals surface area contributed by atoms with Crippen LogP contribution in [0, 0.1) is 5.41 Å². The van der Waals surface area contributed by atoms with Gasteiger partial charge in [0.25, 0.3) is 0 Å². The van der Waals surface area contributed by atoms with Crippen molar-refractivity contribution in [2.75, 3.05) is 6.61 Å². The van der Waals surface area contributed by atoms with E-state index in [4.69, 9.17) is 17.3 Å². The number of aliphatic hydroxyl groups is 1. The maximum Gasteiger partial charge on any atom is 0.136 e. The molecule has 0 heterocycles. The first-order valence-electron chi connectivity index (χ1n) is 4.84. The lowest BCUT2D eigenvalue weighted by atomic mass is 9.81. The molecule has 0 unspecified atom stereocenters. The fourth-order valence-electron chi connectivity index (χ4n) is 1.33. The largest absolute Gasteiger partial charge is 0.506 e. The van der Waals surface area contributed by atoms with Crippen LogP contribution in [0.25, 0.3) is 0 Å². The molecule has 1 aromatic rings. The zero-order valence-corrected chi connectivity index (χ0v) is 11.5. The molecule has 0 saturated heterocycles. The molecule has 5 heteroatoms. The number of hydrogen-bond acceptors (Lipinski definition) is 3. The molecule has 0 aromatic heterocycles. The molecule has 90 valence electrons. The first-order chi connectivity index (χ1) is 7.31. The van der Waals surface area contributed by atoms with Crippen LogP contribution in [-0.4, -0.2) is 16.8 Å². The van der Waals surface area contributed by atoms with Crippen LogP contribution in [0.15, 0.2) is 16.6 Å². The van der Waals surface area contributed by atoms with Gasteiger partial charge in [-0.15, -0.1) is 0 Å². The summed E-state index contributed by atoms with van der Waals surface area (Å²) in [6, 6.07) is 2.87. The molecule has 3 nitrogen and oxygen atoms in total. The Morgan fingerprint density at radius 1 is 1.50 bits per heavy atom. The summed E-state index contributed by atoms with van der Waals surface area (Å²) in [6.07, 6.45) is 0.